The van der Waals surface area contributed by atoms with Crippen LogP contribution in [0.2, 0.25) is 0 Å². The lowest BCUT2D eigenvalue weighted by atomic mass is 9.47. The SMILES string of the molecule is C[C@]12CC[C@H]3[C@@H](CCC4=CC(=NOC(=O)O)CC[C@@]43C)[C@@H]1CC[C@@H]2O. The Bertz CT molecular complexity index is 642. The van der Waals surface area contributed by atoms with Gasteiger partial charge in [0.1, 0.15) is 0 Å². The maximum absolute atomic E-state index is 10.6. The minimum atomic E-state index is -1.35. The predicted octanol–water partition coefficient (Wildman–Crippen LogP) is 4.36. The van der Waals surface area contributed by atoms with Crippen LogP contribution in [0.25, 0.3) is 0 Å². The van der Waals surface area contributed by atoms with Crippen LogP contribution in [0.5, 0.6) is 0 Å². The molecule has 0 aromatic heterocycles. The fraction of sp³-hybridized carbons (Fsp3) is 0.800. The van der Waals surface area contributed by atoms with E-state index in [9.17, 15) is 9.90 Å². The van der Waals surface area contributed by atoms with E-state index in [-0.39, 0.29) is 16.9 Å². The molecule has 4 aliphatic carbocycles. The molecule has 0 bridgehead atoms. The van der Waals surface area contributed by atoms with Crippen LogP contribution in [0.4, 0.5) is 4.79 Å². The highest BCUT2D eigenvalue weighted by atomic mass is 16.7. The third-order valence-electron chi connectivity index (χ3n) is 8.17. The van der Waals surface area contributed by atoms with E-state index in [0.29, 0.717) is 17.8 Å². The molecule has 4 aliphatic rings. The predicted molar refractivity (Wildman–Crippen MR) is 94.3 cm³/mol. The van der Waals surface area contributed by atoms with Crippen molar-refractivity contribution in [3.63, 3.8) is 0 Å². The van der Waals surface area contributed by atoms with Gasteiger partial charge in [-0.3, -0.25) is 4.84 Å². The van der Waals surface area contributed by atoms with Gasteiger partial charge in [-0.15, -0.1) is 0 Å². The van der Waals surface area contributed by atoms with Crippen LogP contribution in [0.1, 0.15) is 65.2 Å². The lowest BCUT2D eigenvalue weighted by Gasteiger charge is -2.57. The van der Waals surface area contributed by atoms with Crippen molar-refractivity contribution in [2.45, 2.75) is 71.3 Å². The number of allylic oxidation sites excluding steroid dienone is 2. The van der Waals surface area contributed by atoms with E-state index in [1.165, 1.54) is 24.8 Å². The number of hydrogen-bond acceptors (Lipinski definition) is 4. The van der Waals surface area contributed by atoms with Gasteiger partial charge in [-0.05, 0) is 86.0 Å². The molecule has 5 nitrogen and oxygen atoms in total. The van der Waals surface area contributed by atoms with Crippen molar-refractivity contribution in [2.75, 3.05) is 0 Å². The van der Waals surface area contributed by atoms with Crippen molar-refractivity contribution in [1.29, 1.82) is 0 Å². The van der Waals surface area contributed by atoms with Gasteiger partial charge in [-0.25, -0.2) is 4.79 Å². The first kappa shape index (κ1) is 17.1. The summed E-state index contributed by atoms with van der Waals surface area (Å²) in [5.41, 5.74) is 2.50. The van der Waals surface area contributed by atoms with Gasteiger partial charge in [0.15, 0.2) is 0 Å². The second-order valence-electron chi connectivity index (χ2n) is 9.08. The van der Waals surface area contributed by atoms with Crippen molar-refractivity contribution in [2.24, 2.45) is 33.7 Å². The summed E-state index contributed by atoms with van der Waals surface area (Å²) in [5, 5.41) is 23.0. The largest absolute Gasteiger partial charge is 0.532 e. The maximum Gasteiger partial charge on any atom is 0.532 e. The van der Waals surface area contributed by atoms with E-state index in [0.717, 1.165) is 37.8 Å². The number of fused-ring (bicyclic) bond motifs is 5. The molecule has 5 heteroatoms. The smallest absolute Gasteiger partial charge is 0.448 e. The molecule has 0 unspecified atom stereocenters. The Morgan fingerprint density at radius 1 is 1.16 bits per heavy atom. The van der Waals surface area contributed by atoms with Gasteiger partial charge in [-0.2, -0.15) is 0 Å². The third-order valence-corrected chi connectivity index (χ3v) is 8.17. The summed E-state index contributed by atoms with van der Waals surface area (Å²) in [4.78, 5) is 15.0. The molecule has 4 rings (SSSR count). The van der Waals surface area contributed by atoms with Gasteiger partial charge in [-0.1, -0.05) is 24.6 Å². The first-order valence-electron chi connectivity index (χ1n) is 9.70. The van der Waals surface area contributed by atoms with E-state index >= 15 is 0 Å². The van der Waals surface area contributed by atoms with Crippen LogP contribution in [0.3, 0.4) is 0 Å². The number of nitrogens with zero attached hydrogens (tertiary/aromatic N) is 1. The highest BCUT2D eigenvalue weighted by molar-refractivity contribution is 5.96. The molecule has 0 spiro atoms. The van der Waals surface area contributed by atoms with Gasteiger partial charge in [0.25, 0.3) is 0 Å². The monoisotopic (exact) mass is 347 g/mol. The zero-order valence-corrected chi connectivity index (χ0v) is 15.2. The molecular weight excluding hydrogens is 318 g/mol. The molecule has 0 heterocycles. The topological polar surface area (TPSA) is 79.1 Å². The molecule has 3 saturated carbocycles. The fourth-order valence-corrected chi connectivity index (χ4v) is 6.71. The number of oxime groups is 1. The Morgan fingerprint density at radius 2 is 1.96 bits per heavy atom. The average Bonchev–Trinajstić information content (AvgIpc) is 2.88. The maximum atomic E-state index is 10.6. The number of aliphatic hydroxyl groups is 1. The van der Waals surface area contributed by atoms with E-state index < -0.39 is 6.16 Å². The molecule has 0 aromatic rings. The fourth-order valence-electron chi connectivity index (χ4n) is 6.71. The highest BCUT2D eigenvalue weighted by Crippen LogP contribution is 2.65. The minimum absolute atomic E-state index is 0.120. The lowest BCUT2D eigenvalue weighted by molar-refractivity contribution is -0.0722. The van der Waals surface area contributed by atoms with Crippen LogP contribution in [0, 0.1) is 28.6 Å². The van der Waals surface area contributed by atoms with Gasteiger partial charge >= 0.3 is 6.16 Å². The Kier molecular flexibility index (Phi) is 3.98. The molecule has 2 N–H and O–H groups in total. The van der Waals surface area contributed by atoms with Crippen LogP contribution in [-0.4, -0.2) is 28.2 Å². The third kappa shape index (κ3) is 2.54. The molecule has 25 heavy (non-hydrogen) atoms. The van der Waals surface area contributed by atoms with Crippen LogP contribution in [-0.2, 0) is 4.84 Å². The van der Waals surface area contributed by atoms with Crippen LogP contribution >= 0.6 is 0 Å². The first-order valence-corrected chi connectivity index (χ1v) is 9.70. The molecule has 0 saturated heterocycles. The summed E-state index contributed by atoms with van der Waals surface area (Å²) >= 11 is 0. The Balaban J connectivity index is 1.60. The molecule has 0 amide bonds. The molecule has 3 fully saturated rings. The van der Waals surface area contributed by atoms with Gasteiger partial charge in [0.2, 0.25) is 0 Å². The summed E-state index contributed by atoms with van der Waals surface area (Å²) < 4.78 is 0. The molecule has 138 valence electrons. The zero-order chi connectivity index (χ0) is 17.8. The lowest BCUT2D eigenvalue weighted by Crippen LogP contribution is -2.51. The number of carboxylic acid groups (broad SMARTS) is 1. The minimum Gasteiger partial charge on any atom is -0.448 e. The second-order valence-corrected chi connectivity index (χ2v) is 9.08. The van der Waals surface area contributed by atoms with Gasteiger partial charge in [0.05, 0.1) is 11.8 Å². The van der Waals surface area contributed by atoms with Gasteiger partial charge < -0.3 is 10.2 Å². The van der Waals surface area contributed by atoms with E-state index in [4.69, 9.17) is 5.11 Å². The average molecular weight is 347 g/mol. The van der Waals surface area contributed by atoms with Crippen molar-refractivity contribution in [3.05, 3.63) is 11.6 Å². The Hall–Kier alpha value is -1.36. The Morgan fingerprint density at radius 3 is 2.72 bits per heavy atom. The van der Waals surface area contributed by atoms with E-state index in [2.05, 4.69) is 29.9 Å². The molecule has 0 radical (unpaired) electrons. The van der Waals surface area contributed by atoms with Crippen LogP contribution in [0.15, 0.2) is 16.8 Å². The summed E-state index contributed by atoms with van der Waals surface area (Å²) in [7, 11) is 0. The van der Waals surface area contributed by atoms with Crippen LogP contribution < -0.4 is 0 Å². The number of aliphatic hydroxyl groups excluding tert-OH is 1. The van der Waals surface area contributed by atoms with Crippen molar-refractivity contribution in [3.8, 4) is 0 Å². The highest BCUT2D eigenvalue weighted by Gasteiger charge is 2.58. The number of rotatable bonds is 1. The molecule has 0 aromatic carbocycles. The van der Waals surface area contributed by atoms with Crippen molar-refractivity contribution >= 4 is 11.9 Å². The van der Waals surface area contributed by atoms with E-state index in [1.807, 2.05) is 0 Å². The summed E-state index contributed by atoms with van der Waals surface area (Å²) in [5.74, 6) is 2.05. The zero-order valence-electron chi connectivity index (χ0n) is 15.2. The Labute approximate surface area is 149 Å². The number of carbonyl (C=O) groups is 1. The molecule has 6 atom stereocenters. The van der Waals surface area contributed by atoms with Crippen molar-refractivity contribution < 1.29 is 19.8 Å². The first-order chi connectivity index (χ1) is 11.8. The van der Waals surface area contributed by atoms with E-state index in [1.54, 1.807) is 0 Å². The summed E-state index contributed by atoms with van der Waals surface area (Å²) in [6.45, 7) is 4.71. The molecular formula is C20H29NO4. The van der Waals surface area contributed by atoms with Crippen molar-refractivity contribution in [1.82, 2.24) is 0 Å². The number of hydrogen-bond donors (Lipinski definition) is 2. The summed E-state index contributed by atoms with van der Waals surface area (Å²) in [6.07, 6.45) is 9.14. The quantitative estimate of drug-likeness (QED) is 0.545. The summed E-state index contributed by atoms with van der Waals surface area (Å²) in [6, 6.07) is 0. The normalized spacial score (nSPS) is 47.5. The second kappa shape index (κ2) is 5.83. The molecule has 0 aliphatic heterocycles. The van der Waals surface area contributed by atoms with Gasteiger partial charge in [0, 0.05) is 0 Å². The standard InChI is InChI=1S/C20H29NO4/c1-19-9-7-13(21-25-18(23)24)11-12(19)3-4-14-15-5-6-17(22)20(15,2)10-8-16(14)19/h11,14-17,22H,3-10H2,1-2H3,(H,23,24)/t14-,15-,16-,17-,19-,20-/m0/s1.